The zero-order chi connectivity index (χ0) is 21.5. The quantitative estimate of drug-likeness (QED) is 0.353. The number of hydrogen-bond donors (Lipinski definition) is 0. The Hall–Kier alpha value is -2.13. The molecule has 0 fully saturated rings. The highest BCUT2D eigenvalue weighted by Crippen LogP contribution is 2.39. The van der Waals surface area contributed by atoms with E-state index >= 15 is 0 Å². The van der Waals surface area contributed by atoms with Crippen LogP contribution in [0.4, 0.5) is 18.9 Å². The van der Waals surface area contributed by atoms with Gasteiger partial charge in [-0.1, -0.05) is 38.8 Å². The molecule has 0 radical (unpaired) electrons. The lowest BCUT2D eigenvalue weighted by Crippen LogP contribution is -2.17. The summed E-state index contributed by atoms with van der Waals surface area (Å²) in [5.74, 6) is 2.64. The van der Waals surface area contributed by atoms with E-state index in [1.165, 1.54) is 12.1 Å². The molecule has 0 heterocycles. The van der Waals surface area contributed by atoms with E-state index in [0.717, 1.165) is 38.8 Å². The molecule has 6 heteroatoms. The van der Waals surface area contributed by atoms with Crippen LogP contribution in [-0.2, 0) is 6.42 Å². The van der Waals surface area contributed by atoms with Crippen LogP contribution < -0.4 is 9.64 Å². The van der Waals surface area contributed by atoms with Crippen LogP contribution in [0.15, 0.2) is 34.8 Å². The van der Waals surface area contributed by atoms with Gasteiger partial charge in [0.1, 0.15) is 5.75 Å². The van der Waals surface area contributed by atoms with E-state index in [0.29, 0.717) is 0 Å². The Kier molecular flexibility index (Phi) is 8.90. The van der Waals surface area contributed by atoms with Crippen molar-refractivity contribution in [1.29, 1.82) is 0 Å². The monoisotopic (exact) mass is 455 g/mol. The zero-order valence-corrected chi connectivity index (χ0v) is 18.5. The molecule has 28 heavy (non-hydrogen) atoms. The van der Waals surface area contributed by atoms with Crippen molar-refractivity contribution in [1.82, 2.24) is 0 Å². The van der Waals surface area contributed by atoms with Crippen LogP contribution in [-0.4, -0.2) is 13.4 Å². The van der Waals surface area contributed by atoms with Gasteiger partial charge in [0.15, 0.2) is 0 Å². The summed E-state index contributed by atoms with van der Waals surface area (Å²) in [7, 11) is 1.88. The molecule has 0 N–H and O–H groups in total. The third-order valence-electron chi connectivity index (χ3n) is 3.96. The van der Waals surface area contributed by atoms with Crippen molar-refractivity contribution in [3.63, 3.8) is 0 Å². The van der Waals surface area contributed by atoms with Gasteiger partial charge in [0.2, 0.25) is 0 Å². The highest BCUT2D eigenvalue weighted by atomic mass is 79.9. The van der Waals surface area contributed by atoms with Crippen LogP contribution in [0.2, 0.25) is 0 Å². The molecule has 0 saturated carbocycles. The van der Waals surface area contributed by atoms with Gasteiger partial charge < -0.3 is 9.64 Å². The molecule has 0 amide bonds. The zero-order valence-electron chi connectivity index (χ0n) is 17.0. The van der Waals surface area contributed by atoms with Gasteiger partial charge in [-0.05, 0) is 76.7 Å². The molecule has 0 aliphatic carbocycles. The molecule has 0 aromatic heterocycles. The van der Waals surface area contributed by atoms with Gasteiger partial charge in [0.25, 0.3) is 0 Å². The van der Waals surface area contributed by atoms with E-state index in [2.05, 4.69) is 45.6 Å². The summed E-state index contributed by atoms with van der Waals surface area (Å²) in [5.41, 5.74) is 4.80. The Morgan fingerprint density at radius 3 is 2.18 bits per heavy atom. The first-order valence-corrected chi connectivity index (χ1v) is 9.81. The molecule has 2 nitrogen and oxygen atoms in total. The summed E-state index contributed by atoms with van der Waals surface area (Å²) >= 11 is 3.66. The third kappa shape index (κ3) is 5.93. The molecule has 0 spiro atoms. The first-order chi connectivity index (χ1) is 13.2. The van der Waals surface area contributed by atoms with Gasteiger partial charge in [-0.2, -0.15) is 0 Å². The Morgan fingerprint density at radius 1 is 1.14 bits per heavy atom. The molecule has 0 atom stereocenters. The highest BCUT2D eigenvalue weighted by molar-refractivity contribution is 9.10. The van der Waals surface area contributed by atoms with E-state index in [1.807, 2.05) is 32.7 Å². The minimum Gasteiger partial charge on any atom is -0.406 e. The predicted octanol–water partition coefficient (Wildman–Crippen LogP) is 7.33. The number of aryl methyl sites for hydroxylation is 1. The standard InChI is InChI=1S/C20H19BrF3NO.C2H6/c1-5-11-25(4)19-13(3)17(12-14(6-2)18(19)21)15-7-9-16(10-8-15)26-20(22,23)24;1-2/h7-10,12H,6H2,1-4H3;1-2H3. The lowest BCUT2D eigenvalue weighted by Gasteiger charge is -2.22. The van der Waals surface area contributed by atoms with Crippen LogP contribution in [0.1, 0.15) is 38.8 Å². The second-order valence-electron chi connectivity index (χ2n) is 5.72. The summed E-state index contributed by atoms with van der Waals surface area (Å²) < 4.78 is 41.9. The SMILES string of the molecule is CC.CC#CN(C)c1c(C)c(-c2ccc(OC(F)(F)F)cc2)cc(CC)c1Br. The van der Waals surface area contributed by atoms with Gasteiger partial charge in [-0.25, -0.2) is 0 Å². The minimum atomic E-state index is -4.70. The topological polar surface area (TPSA) is 12.5 Å². The average molecular weight is 456 g/mol. The number of halogens is 4. The first-order valence-electron chi connectivity index (χ1n) is 9.02. The van der Waals surface area contributed by atoms with E-state index in [9.17, 15) is 13.2 Å². The van der Waals surface area contributed by atoms with Crippen molar-refractivity contribution in [2.24, 2.45) is 0 Å². The van der Waals surface area contributed by atoms with Gasteiger partial charge in [0, 0.05) is 17.6 Å². The van der Waals surface area contributed by atoms with Crippen LogP contribution in [0, 0.1) is 18.9 Å². The second kappa shape index (κ2) is 10.4. The fourth-order valence-electron chi connectivity index (χ4n) is 2.81. The number of benzene rings is 2. The average Bonchev–Trinajstić information content (AvgIpc) is 2.63. The summed E-state index contributed by atoms with van der Waals surface area (Å²) in [5, 5.41) is 0. The summed E-state index contributed by atoms with van der Waals surface area (Å²) in [4.78, 5) is 1.85. The van der Waals surface area contributed by atoms with E-state index in [4.69, 9.17) is 0 Å². The molecular formula is C22H25BrF3NO. The number of alkyl halides is 3. The fourth-order valence-corrected chi connectivity index (χ4v) is 3.76. The second-order valence-corrected chi connectivity index (χ2v) is 6.51. The fraction of sp³-hybridized carbons (Fsp3) is 0.364. The van der Waals surface area contributed by atoms with Crippen molar-refractivity contribution in [3.05, 3.63) is 45.9 Å². The number of rotatable bonds is 4. The predicted molar refractivity (Wildman–Crippen MR) is 114 cm³/mol. The van der Waals surface area contributed by atoms with Crippen molar-refractivity contribution in [2.45, 2.75) is 47.4 Å². The minimum absolute atomic E-state index is 0.235. The maximum Gasteiger partial charge on any atom is 0.573 e. The Balaban J connectivity index is 0.00000190. The summed E-state index contributed by atoms with van der Waals surface area (Å²) in [6.45, 7) is 9.79. The Labute approximate surface area is 173 Å². The van der Waals surface area contributed by atoms with Crippen LogP contribution in [0.5, 0.6) is 5.75 Å². The number of ether oxygens (including phenoxy) is 1. The summed E-state index contributed by atoms with van der Waals surface area (Å²) in [6, 6.07) is 11.0. The smallest absolute Gasteiger partial charge is 0.406 e. The molecule has 0 saturated heterocycles. The molecule has 2 rings (SSSR count). The first kappa shape index (κ1) is 23.9. The number of hydrogen-bond acceptors (Lipinski definition) is 2. The molecule has 2 aromatic rings. The molecule has 0 unspecified atom stereocenters. The molecule has 0 aliphatic heterocycles. The maximum absolute atomic E-state index is 12.3. The van der Waals surface area contributed by atoms with Gasteiger partial charge in [-0.3, -0.25) is 0 Å². The van der Waals surface area contributed by atoms with Crippen LogP contribution in [0.3, 0.4) is 0 Å². The molecule has 2 aromatic carbocycles. The largest absolute Gasteiger partial charge is 0.573 e. The Bertz CT molecular complexity index is 849. The normalized spacial score (nSPS) is 10.4. The number of anilines is 1. The van der Waals surface area contributed by atoms with Crippen LogP contribution in [0.25, 0.3) is 11.1 Å². The van der Waals surface area contributed by atoms with Gasteiger partial charge in [-0.15, -0.1) is 13.2 Å². The van der Waals surface area contributed by atoms with E-state index in [-0.39, 0.29) is 5.75 Å². The lowest BCUT2D eigenvalue weighted by molar-refractivity contribution is -0.274. The van der Waals surface area contributed by atoms with Crippen molar-refractivity contribution in [3.8, 4) is 28.8 Å². The summed E-state index contributed by atoms with van der Waals surface area (Å²) in [6.07, 6.45) is -3.89. The van der Waals surface area contributed by atoms with Gasteiger partial charge >= 0.3 is 6.36 Å². The maximum atomic E-state index is 12.3. The van der Waals surface area contributed by atoms with Crippen molar-refractivity contribution < 1.29 is 17.9 Å². The number of nitrogens with zero attached hydrogens (tertiary/aromatic N) is 1. The Morgan fingerprint density at radius 2 is 1.71 bits per heavy atom. The van der Waals surface area contributed by atoms with E-state index in [1.54, 1.807) is 19.1 Å². The van der Waals surface area contributed by atoms with Crippen LogP contribution >= 0.6 is 15.9 Å². The molecule has 0 aliphatic rings. The lowest BCUT2D eigenvalue weighted by atomic mass is 9.95. The van der Waals surface area contributed by atoms with Crippen molar-refractivity contribution >= 4 is 21.6 Å². The van der Waals surface area contributed by atoms with Gasteiger partial charge in [0.05, 0.1) is 5.69 Å². The molecular weight excluding hydrogens is 431 g/mol. The van der Waals surface area contributed by atoms with Crippen molar-refractivity contribution in [2.75, 3.05) is 11.9 Å². The molecule has 152 valence electrons. The van der Waals surface area contributed by atoms with E-state index < -0.39 is 6.36 Å². The third-order valence-corrected chi connectivity index (χ3v) is 4.85. The molecule has 0 bridgehead atoms. The highest BCUT2D eigenvalue weighted by Gasteiger charge is 2.31.